The van der Waals surface area contributed by atoms with Crippen molar-refractivity contribution in [1.82, 2.24) is 0 Å². The monoisotopic (exact) mass is 286 g/mol. The van der Waals surface area contributed by atoms with E-state index in [0.717, 1.165) is 11.3 Å². The van der Waals surface area contributed by atoms with Crippen LogP contribution in [0.3, 0.4) is 0 Å². The van der Waals surface area contributed by atoms with Crippen LogP contribution in [0.5, 0.6) is 11.5 Å². The molecule has 21 heavy (non-hydrogen) atoms. The van der Waals surface area contributed by atoms with Gasteiger partial charge in [-0.05, 0) is 36.8 Å². The van der Waals surface area contributed by atoms with Gasteiger partial charge in [-0.3, -0.25) is 0 Å². The van der Waals surface area contributed by atoms with Gasteiger partial charge in [-0.25, -0.2) is 4.79 Å². The minimum absolute atomic E-state index is 0.341. The largest absolute Gasteiger partial charge is 0.497 e. The maximum atomic E-state index is 12.0. The molecule has 2 aromatic carbocycles. The average Bonchev–Trinajstić information content (AvgIpc) is 2.47. The molecule has 5 heteroatoms. The molecular weight excluding hydrogens is 268 g/mol. The molecule has 2 aromatic rings. The molecule has 0 aromatic heterocycles. The summed E-state index contributed by atoms with van der Waals surface area (Å²) in [6, 6.07) is 12.4. The SMILES string of the molecule is COc1ccc(OC)c(NC(=O)Nc2cccc(C)c2)c1. The highest BCUT2D eigenvalue weighted by atomic mass is 16.5. The zero-order valence-corrected chi connectivity index (χ0v) is 12.3. The number of aryl methyl sites for hydroxylation is 1. The number of rotatable bonds is 4. The number of benzene rings is 2. The summed E-state index contributed by atoms with van der Waals surface area (Å²) in [6.45, 7) is 1.97. The number of ether oxygens (including phenoxy) is 2. The quantitative estimate of drug-likeness (QED) is 0.901. The van der Waals surface area contributed by atoms with Crippen LogP contribution in [0.1, 0.15) is 5.56 Å². The van der Waals surface area contributed by atoms with Crippen LogP contribution in [0.15, 0.2) is 42.5 Å². The Hall–Kier alpha value is -2.69. The lowest BCUT2D eigenvalue weighted by molar-refractivity contribution is 0.262. The highest BCUT2D eigenvalue weighted by molar-refractivity contribution is 6.00. The fourth-order valence-corrected chi connectivity index (χ4v) is 1.92. The molecule has 2 amide bonds. The molecule has 2 N–H and O–H groups in total. The lowest BCUT2D eigenvalue weighted by atomic mass is 10.2. The minimum atomic E-state index is -0.341. The normalized spacial score (nSPS) is 9.86. The molecule has 0 saturated heterocycles. The molecular formula is C16H18N2O3. The van der Waals surface area contributed by atoms with Crippen molar-refractivity contribution in [3.05, 3.63) is 48.0 Å². The molecule has 0 fully saturated rings. The average molecular weight is 286 g/mol. The van der Waals surface area contributed by atoms with Crippen LogP contribution in [0.4, 0.5) is 16.2 Å². The standard InChI is InChI=1S/C16H18N2O3/c1-11-5-4-6-12(9-11)17-16(19)18-14-10-13(20-2)7-8-15(14)21-3/h4-10H,1-3H3,(H2,17,18,19). The van der Waals surface area contributed by atoms with Gasteiger partial charge in [0.25, 0.3) is 0 Å². The van der Waals surface area contributed by atoms with E-state index in [4.69, 9.17) is 9.47 Å². The lowest BCUT2D eigenvalue weighted by Gasteiger charge is -2.12. The topological polar surface area (TPSA) is 59.6 Å². The van der Waals surface area contributed by atoms with Crippen molar-refractivity contribution in [3.63, 3.8) is 0 Å². The Kier molecular flexibility index (Phi) is 4.66. The van der Waals surface area contributed by atoms with Gasteiger partial charge < -0.3 is 20.1 Å². The van der Waals surface area contributed by atoms with E-state index in [2.05, 4.69) is 10.6 Å². The van der Waals surface area contributed by atoms with Gasteiger partial charge in [-0.15, -0.1) is 0 Å². The summed E-state index contributed by atoms with van der Waals surface area (Å²) in [5.41, 5.74) is 2.35. The van der Waals surface area contributed by atoms with Gasteiger partial charge in [0.05, 0.1) is 19.9 Å². The molecule has 0 radical (unpaired) electrons. The molecule has 0 unspecified atom stereocenters. The van der Waals surface area contributed by atoms with Gasteiger partial charge >= 0.3 is 6.03 Å². The summed E-state index contributed by atoms with van der Waals surface area (Å²) >= 11 is 0. The number of anilines is 2. The van der Waals surface area contributed by atoms with Crippen molar-refractivity contribution >= 4 is 17.4 Å². The molecule has 0 heterocycles. The van der Waals surface area contributed by atoms with E-state index in [0.29, 0.717) is 17.2 Å². The number of methoxy groups -OCH3 is 2. The van der Waals surface area contributed by atoms with E-state index in [9.17, 15) is 4.79 Å². The van der Waals surface area contributed by atoms with Gasteiger partial charge in [-0.1, -0.05) is 12.1 Å². The van der Waals surface area contributed by atoms with Crippen molar-refractivity contribution < 1.29 is 14.3 Å². The zero-order valence-electron chi connectivity index (χ0n) is 12.3. The highest BCUT2D eigenvalue weighted by Gasteiger charge is 2.09. The van der Waals surface area contributed by atoms with Crippen molar-refractivity contribution in [2.75, 3.05) is 24.9 Å². The fraction of sp³-hybridized carbons (Fsp3) is 0.188. The molecule has 0 bridgehead atoms. The lowest BCUT2D eigenvalue weighted by Crippen LogP contribution is -2.19. The first-order valence-electron chi connectivity index (χ1n) is 6.49. The minimum Gasteiger partial charge on any atom is -0.497 e. The highest BCUT2D eigenvalue weighted by Crippen LogP contribution is 2.29. The first-order chi connectivity index (χ1) is 10.1. The summed E-state index contributed by atoms with van der Waals surface area (Å²) in [5.74, 6) is 1.21. The van der Waals surface area contributed by atoms with Crippen LogP contribution in [0, 0.1) is 6.92 Å². The van der Waals surface area contributed by atoms with Crippen molar-refractivity contribution in [3.8, 4) is 11.5 Å². The summed E-state index contributed by atoms with van der Waals surface area (Å²) < 4.78 is 10.4. The maximum Gasteiger partial charge on any atom is 0.323 e. The second-order valence-corrected chi connectivity index (χ2v) is 4.51. The molecule has 0 spiro atoms. The Morgan fingerprint density at radius 3 is 2.48 bits per heavy atom. The predicted molar refractivity (Wildman–Crippen MR) is 83.4 cm³/mol. The van der Waals surface area contributed by atoms with E-state index >= 15 is 0 Å². The molecule has 0 aliphatic carbocycles. The van der Waals surface area contributed by atoms with Crippen LogP contribution in [-0.2, 0) is 0 Å². The van der Waals surface area contributed by atoms with Gasteiger partial charge in [0.15, 0.2) is 0 Å². The third-order valence-electron chi connectivity index (χ3n) is 2.93. The van der Waals surface area contributed by atoms with Crippen molar-refractivity contribution in [2.45, 2.75) is 6.92 Å². The van der Waals surface area contributed by atoms with Gasteiger partial charge in [0.2, 0.25) is 0 Å². The molecule has 0 atom stereocenters. The Morgan fingerprint density at radius 2 is 1.81 bits per heavy atom. The van der Waals surface area contributed by atoms with Gasteiger partial charge in [0.1, 0.15) is 11.5 Å². The van der Waals surface area contributed by atoms with Crippen molar-refractivity contribution in [1.29, 1.82) is 0 Å². The molecule has 0 aliphatic heterocycles. The molecule has 2 rings (SSSR count). The summed E-state index contributed by atoms with van der Waals surface area (Å²) in [6.07, 6.45) is 0. The molecule has 5 nitrogen and oxygen atoms in total. The van der Waals surface area contributed by atoms with Crippen LogP contribution in [0.2, 0.25) is 0 Å². The predicted octanol–water partition coefficient (Wildman–Crippen LogP) is 3.66. The maximum absolute atomic E-state index is 12.0. The Bertz CT molecular complexity index is 641. The third-order valence-corrected chi connectivity index (χ3v) is 2.93. The summed E-state index contributed by atoms with van der Waals surface area (Å²) in [4.78, 5) is 12.0. The van der Waals surface area contributed by atoms with E-state index in [-0.39, 0.29) is 6.03 Å². The summed E-state index contributed by atoms with van der Waals surface area (Å²) in [5, 5.41) is 5.52. The van der Waals surface area contributed by atoms with E-state index in [1.54, 1.807) is 32.4 Å². The molecule has 0 aliphatic rings. The first-order valence-corrected chi connectivity index (χ1v) is 6.49. The number of amides is 2. The number of nitrogens with one attached hydrogen (secondary N) is 2. The first kappa shape index (κ1) is 14.7. The third kappa shape index (κ3) is 3.89. The Labute approximate surface area is 123 Å². The Morgan fingerprint density at radius 1 is 1.00 bits per heavy atom. The van der Waals surface area contributed by atoms with Crippen molar-refractivity contribution in [2.24, 2.45) is 0 Å². The number of carbonyl (C=O) groups is 1. The second-order valence-electron chi connectivity index (χ2n) is 4.51. The number of hydrogen-bond acceptors (Lipinski definition) is 3. The van der Waals surface area contributed by atoms with Crippen LogP contribution in [0.25, 0.3) is 0 Å². The number of urea groups is 1. The van der Waals surface area contributed by atoms with Crippen LogP contribution in [-0.4, -0.2) is 20.3 Å². The number of hydrogen-bond donors (Lipinski definition) is 2. The van der Waals surface area contributed by atoms with Gasteiger partial charge in [0, 0.05) is 11.8 Å². The van der Waals surface area contributed by atoms with Crippen LogP contribution >= 0.6 is 0 Å². The number of carbonyl (C=O) groups excluding carboxylic acids is 1. The van der Waals surface area contributed by atoms with E-state index in [1.807, 2.05) is 31.2 Å². The summed E-state index contributed by atoms with van der Waals surface area (Å²) in [7, 11) is 3.11. The van der Waals surface area contributed by atoms with E-state index < -0.39 is 0 Å². The second kappa shape index (κ2) is 6.65. The van der Waals surface area contributed by atoms with E-state index in [1.165, 1.54) is 0 Å². The fourth-order valence-electron chi connectivity index (χ4n) is 1.92. The molecule has 110 valence electrons. The smallest absolute Gasteiger partial charge is 0.323 e. The Balaban J connectivity index is 2.12. The van der Waals surface area contributed by atoms with Gasteiger partial charge in [-0.2, -0.15) is 0 Å². The zero-order chi connectivity index (χ0) is 15.2. The van der Waals surface area contributed by atoms with Crippen LogP contribution < -0.4 is 20.1 Å². The molecule has 0 saturated carbocycles.